The summed E-state index contributed by atoms with van der Waals surface area (Å²) in [5.41, 5.74) is 0.354. The van der Waals surface area contributed by atoms with E-state index in [4.69, 9.17) is 5.11 Å². The Morgan fingerprint density at radius 2 is 1.62 bits per heavy atom. The molecule has 0 fully saturated rings. The van der Waals surface area contributed by atoms with Crippen LogP contribution in [-0.4, -0.2) is 10.1 Å². The Morgan fingerprint density at radius 3 is 2.12 bits per heavy atom. The van der Waals surface area contributed by atoms with Gasteiger partial charge in [0, 0.05) is 5.56 Å². The van der Waals surface area contributed by atoms with Gasteiger partial charge < -0.3 is 5.11 Å². The van der Waals surface area contributed by atoms with Gasteiger partial charge in [-0.25, -0.2) is 13.2 Å². The van der Waals surface area contributed by atoms with Crippen molar-refractivity contribution in [2.45, 2.75) is 0 Å². The third kappa shape index (κ3) is 1.84. The van der Waals surface area contributed by atoms with Crippen molar-refractivity contribution < 1.29 is 18.3 Å². The van der Waals surface area contributed by atoms with Crippen LogP contribution in [-0.2, 0) is 0 Å². The second-order valence-electron chi connectivity index (χ2n) is 3.16. The van der Waals surface area contributed by atoms with Crippen molar-refractivity contribution >= 4 is 0 Å². The van der Waals surface area contributed by atoms with E-state index in [0.29, 0.717) is 0 Å². The lowest BCUT2D eigenvalue weighted by molar-refractivity contribution is 0.447. The molecule has 1 heterocycles. The summed E-state index contributed by atoms with van der Waals surface area (Å²) in [6.07, 6.45) is 1.13. The Kier molecular flexibility index (Phi) is 2.52. The molecule has 2 aromatic rings. The van der Waals surface area contributed by atoms with Gasteiger partial charge in [-0.05, 0) is 24.3 Å². The molecule has 1 N–H and O–H groups in total. The lowest BCUT2D eigenvalue weighted by Crippen LogP contribution is -1.92. The Hall–Kier alpha value is -2.04. The summed E-state index contributed by atoms with van der Waals surface area (Å²) in [6, 6.07) is 4.39. The predicted octanol–water partition coefficient (Wildman–Crippen LogP) is 2.87. The molecule has 82 valence electrons. The largest absolute Gasteiger partial charge is 0.506 e. The van der Waals surface area contributed by atoms with E-state index in [0.717, 1.165) is 18.3 Å². The smallest absolute Gasteiger partial charge is 0.194 e. The highest BCUT2D eigenvalue weighted by molar-refractivity contribution is 5.59. The number of rotatable bonds is 1. The number of pyridine rings is 1. The molecule has 0 bridgehead atoms. The maximum absolute atomic E-state index is 12.9. The van der Waals surface area contributed by atoms with Gasteiger partial charge in [-0.15, -0.1) is 0 Å². The van der Waals surface area contributed by atoms with Crippen molar-refractivity contribution in [2.75, 3.05) is 0 Å². The number of halogens is 3. The lowest BCUT2D eigenvalue weighted by atomic mass is 10.1. The number of nitrogens with zero attached hydrogens (tertiary/aromatic N) is 1. The van der Waals surface area contributed by atoms with Crippen LogP contribution in [0.3, 0.4) is 0 Å². The summed E-state index contributed by atoms with van der Waals surface area (Å²) < 4.78 is 38.5. The van der Waals surface area contributed by atoms with Gasteiger partial charge >= 0.3 is 0 Å². The molecule has 1 aromatic heterocycles. The minimum atomic E-state index is -1.51. The average Bonchev–Trinajstić information content (AvgIpc) is 2.26. The number of hydrogen-bond donors (Lipinski definition) is 1. The average molecular weight is 225 g/mol. The molecule has 0 unspecified atom stereocenters. The van der Waals surface area contributed by atoms with Gasteiger partial charge in [0.15, 0.2) is 17.5 Å². The van der Waals surface area contributed by atoms with Crippen LogP contribution in [0.25, 0.3) is 11.3 Å². The molecule has 1 aromatic carbocycles. The fourth-order valence-corrected chi connectivity index (χ4v) is 1.26. The Bertz CT molecular complexity index is 502. The molecule has 0 aliphatic heterocycles. The third-order valence-electron chi connectivity index (χ3n) is 2.03. The van der Waals surface area contributed by atoms with Crippen molar-refractivity contribution in [1.82, 2.24) is 4.98 Å². The fraction of sp³-hybridized carbons (Fsp3) is 0. The first-order valence-corrected chi connectivity index (χ1v) is 4.38. The highest BCUT2D eigenvalue weighted by Crippen LogP contribution is 2.23. The fourth-order valence-electron chi connectivity index (χ4n) is 1.26. The van der Waals surface area contributed by atoms with Gasteiger partial charge in [0.1, 0.15) is 5.75 Å². The molecule has 0 saturated carbocycles. The van der Waals surface area contributed by atoms with E-state index in [1.165, 1.54) is 12.1 Å². The van der Waals surface area contributed by atoms with Crippen molar-refractivity contribution in [2.24, 2.45) is 0 Å². The lowest BCUT2D eigenvalue weighted by Gasteiger charge is -2.02. The zero-order chi connectivity index (χ0) is 11.7. The minimum absolute atomic E-state index is 0.0631. The molecule has 5 heteroatoms. The molecule has 0 amide bonds. The van der Waals surface area contributed by atoms with E-state index in [1.54, 1.807) is 0 Å². The van der Waals surface area contributed by atoms with Gasteiger partial charge in [-0.2, -0.15) is 0 Å². The summed E-state index contributed by atoms with van der Waals surface area (Å²) in [5.74, 6) is -4.12. The highest BCUT2D eigenvalue weighted by atomic mass is 19.2. The Balaban J connectivity index is 2.52. The second-order valence-corrected chi connectivity index (χ2v) is 3.16. The normalized spacial score (nSPS) is 10.4. The molecule has 0 aliphatic rings. The third-order valence-corrected chi connectivity index (χ3v) is 2.03. The predicted molar refractivity (Wildman–Crippen MR) is 51.2 cm³/mol. The van der Waals surface area contributed by atoms with Crippen LogP contribution in [0.2, 0.25) is 0 Å². The molecule has 0 saturated heterocycles. The molecular formula is C11H6F3NO. The Morgan fingerprint density at radius 1 is 1.00 bits per heavy atom. The van der Waals surface area contributed by atoms with Gasteiger partial charge in [-0.1, -0.05) is 0 Å². The summed E-state index contributed by atoms with van der Waals surface area (Å²) in [7, 11) is 0. The van der Waals surface area contributed by atoms with Crippen LogP contribution in [0.5, 0.6) is 5.75 Å². The zero-order valence-corrected chi connectivity index (χ0v) is 7.92. The number of hydrogen-bond acceptors (Lipinski definition) is 2. The molecule has 16 heavy (non-hydrogen) atoms. The molecule has 0 atom stereocenters. The maximum atomic E-state index is 12.9. The van der Waals surface area contributed by atoms with Crippen molar-refractivity contribution in [1.29, 1.82) is 0 Å². The van der Waals surface area contributed by atoms with Crippen LogP contribution in [0.1, 0.15) is 0 Å². The molecule has 2 nitrogen and oxygen atoms in total. The maximum Gasteiger partial charge on any atom is 0.194 e. The summed E-state index contributed by atoms with van der Waals surface area (Å²) in [5, 5.41) is 8.99. The molecule has 0 aliphatic carbocycles. The van der Waals surface area contributed by atoms with E-state index in [-0.39, 0.29) is 17.0 Å². The number of aromatic nitrogens is 1. The van der Waals surface area contributed by atoms with Crippen LogP contribution < -0.4 is 0 Å². The van der Waals surface area contributed by atoms with Gasteiger partial charge in [0.05, 0.1) is 11.9 Å². The SMILES string of the molecule is Oc1ccc(-c2cc(F)c(F)c(F)c2)nc1. The van der Waals surface area contributed by atoms with Gasteiger partial charge in [0.2, 0.25) is 0 Å². The Labute approximate surface area is 89.0 Å². The monoisotopic (exact) mass is 225 g/mol. The van der Waals surface area contributed by atoms with Crippen molar-refractivity contribution in [3.05, 3.63) is 47.9 Å². The standard InChI is InChI=1S/C11H6F3NO/c12-8-3-6(4-9(13)11(8)14)10-2-1-7(16)5-15-10/h1-5,16H. The van der Waals surface area contributed by atoms with E-state index in [1.807, 2.05) is 0 Å². The molecule has 0 radical (unpaired) electrons. The van der Waals surface area contributed by atoms with Gasteiger partial charge in [-0.3, -0.25) is 4.98 Å². The van der Waals surface area contributed by atoms with Gasteiger partial charge in [0.25, 0.3) is 0 Å². The number of aromatic hydroxyl groups is 1. The summed E-state index contributed by atoms with van der Waals surface area (Å²) in [4.78, 5) is 3.75. The molecular weight excluding hydrogens is 219 g/mol. The minimum Gasteiger partial charge on any atom is -0.506 e. The van der Waals surface area contributed by atoms with Crippen LogP contribution in [0, 0.1) is 17.5 Å². The van der Waals surface area contributed by atoms with Crippen molar-refractivity contribution in [3.8, 4) is 17.0 Å². The first-order valence-electron chi connectivity index (χ1n) is 4.38. The summed E-state index contributed by atoms with van der Waals surface area (Å²) in [6.45, 7) is 0. The van der Waals surface area contributed by atoms with E-state index in [9.17, 15) is 13.2 Å². The topological polar surface area (TPSA) is 33.1 Å². The van der Waals surface area contributed by atoms with E-state index < -0.39 is 17.5 Å². The first kappa shape index (κ1) is 10.5. The van der Waals surface area contributed by atoms with Crippen LogP contribution >= 0.6 is 0 Å². The summed E-state index contributed by atoms with van der Waals surface area (Å²) >= 11 is 0. The van der Waals surface area contributed by atoms with E-state index in [2.05, 4.69) is 4.98 Å². The number of benzene rings is 1. The van der Waals surface area contributed by atoms with Crippen LogP contribution in [0.4, 0.5) is 13.2 Å². The highest BCUT2D eigenvalue weighted by Gasteiger charge is 2.11. The zero-order valence-electron chi connectivity index (χ0n) is 7.92. The first-order chi connectivity index (χ1) is 7.58. The second kappa shape index (κ2) is 3.84. The quantitative estimate of drug-likeness (QED) is 0.757. The molecule has 2 rings (SSSR count). The van der Waals surface area contributed by atoms with E-state index >= 15 is 0 Å². The van der Waals surface area contributed by atoms with Crippen molar-refractivity contribution in [3.63, 3.8) is 0 Å². The molecule has 0 spiro atoms. The van der Waals surface area contributed by atoms with Crippen LogP contribution in [0.15, 0.2) is 30.5 Å².